The molecule has 1 fully saturated rings. The van der Waals surface area contributed by atoms with Gasteiger partial charge < -0.3 is 10.2 Å². The van der Waals surface area contributed by atoms with Gasteiger partial charge in [0.2, 0.25) is 0 Å². The SMILES string of the molecule is CCCCCCCCCCN[C@@H]1C[C@H](C(F)(F)F)CN(c2ccc(C#N)c3ncccc23)C1. The fourth-order valence-corrected chi connectivity index (χ4v) is 4.77. The molecule has 1 N–H and O–H groups in total. The van der Waals surface area contributed by atoms with E-state index in [0.717, 1.165) is 24.8 Å². The zero-order valence-electron chi connectivity index (χ0n) is 19.5. The van der Waals surface area contributed by atoms with E-state index in [1.807, 2.05) is 11.0 Å². The number of benzene rings is 1. The van der Waals surface area contributed by atoms with Crippen LogP contribution in [-0.2, 0) is 0 Å². The van der Waals surface area contributed by atoms with Gasteiger partial charge in [-0.3, -0.25) is 4.98 Å². The van der Waals surface area contributed by atoms with Gasteiger partial charge in [-0.1, -0.05) is 51.9 Å². The van der Waals surface area contributed by atoms with Crippen LogP contribution < -0.4 is 10.2 Å². The van der Waals surface area contributed by atoms with Crippen LogP contribution in [0.15, 0.2) is 30.5 Å². The van der Waals surface area contributed by atoms with Crippen LogP contribution in [0, 0.1) is 17.2 Å². The highest BCUT2D eigenvalue weighted by atomic mass is 19.4. The molecule has 1 aromatic carbocycles. The monoisotopic (exact) mass is 460 g/mol. The van der Waals surface area contributed by atoms with Crippen molar-refractivity contribution in [2.75, 3.05) is 24.5 Å². The van der Waals surface area contributed by atoms with Gasteiger partial charge in [-0.15, -0.1) is 0 Å². The molecule has 0 radical (unpaired) electrons. The van der Waals surface area contributed by atoms with Crippen molar-refractivity contribution in [2.24, 2.45) is 5.92 Å². The quantitative estimate of drug-likeness (QED) is 0.384. The number of rotatable bonds is 11. The molecule has 0 amide bonds. The largest absolute Gasteiger partial charge is 0.393 e. The number of pyridine rings is 1. The molecule has 1 aliphatic heterocycles. The third-order valence-electron chi connectivity index (χ3n) is 6.58. The number of anilines is 1. The van der Waals surface area contributed by atoms with E-state index in [1.165, 1.54) is 38.5 Å². The van der Waals surface area contributed by atoms with Gasteiger partial charge in [0.05, 0.1) is 17.0 Å². The van der Waals surface area contributed by atoms with E-state index in [0.29, 0.717) is 23.3 Å². The van der Waals surface area contributed by atoms with Crippen molar-refractivity contribution >= 4 is 16.6 Å². The topological polar surface area (TPSA) is 52.0 Å². The molecular formula is C26H35F3N4. The van der Waals surface area contributed by atoms with Gasteiger partial charge in [-0.05, 0) is 43.7 Å². The van der Waals surface area contributed by atoms with Crippen LogP contribution in [-0.4, -0.2) is 36.8 Å². The fourth-order valence-electron chi connectivity index (χ4n) is 4.77. The summed E-state index contributed by atoms with van der Waals surface area (Å²) in [4.78, 5) is 6.13. The summed E-state index contributed by atoms with van der Waals surface area (Å²) in [5.41, 5.74) is 1.68. The number of aromatic nitrogens is 1. The molecule has 2 atom stereocenters. The fraction of sp³-hybridized carbons (Fsp3) is 0.615. The average molecular weight is 461 g/mol. The van der Waals surface area contributed by atoms with E-state index < -0.39 is 12.1 Å². The third kappa shape index (κ3) is 7.07. The zero-order chi connectivity index (χ0) is 23.7. The number of nitrogens with one attached hydrogen (secondary N) is 1. The molecule has 1 aliphatic rings. The highest BCUT2D eigenvalue weighted by molar-refractivity contribution is 5.95. The van der Waals surface area contributed by atoms with E-state index in [4.69, 9.17) is 0 Å². The minimum absolute atomic E-state index is 0.0741. The number of nitriles is 1. The second-order valence-electron chi connectivity index (χ2n) is 9.15. The first-order valence-electron chi connectivity index (χ1n) is 12.3. The number of nitrogens with zero attached hydrogens (tertiary/aromatic N) is 3. The van der Waals surface area contributed by atoms with Gasteiger partial charge in [-0.2, -0.15) is 18.4 Å². The molecule has 0 saturated carbocycles. The first kappa shape index (κ1) is 25.3. The maximum Gasteiger partial charge on any atom is 0.393 e. The maximum absolute atomic E-state index is 13.7. The van der Waals surface area contributed by atoms with Crippen LogP contribution in [0.2, 0.25) is 0 Å². The highest BCUT2D eigenvalue weighted by Crippen LogP contribution is 2.37. The van der Waals surface area contributed by atoms with Crippen molar-refractivity contribution < 1.29 is 13.2 Å². The standard InChI is InChI=1S/C26H35F3N4/c1-2-3-4-5-6-7-8-9-14-31-22-16-21(26(27,28)29)18-33(19-22)24-13-12-20(17-30)25-23(24)11-10-15-32-25/h10-13,15,21-22,31H,2-9,14,16,18-19H2,1H3/t21-,22+/m0/s1. The van der Waals surface area contributed by atoms with Gasteiger partial charge in [0.15, 0.2) is 0 Å². The Kier molecular flexibility index (Phi) is 9.37. The smallest absolute Gasteiger partial charge is 0.369 e. The maximum atomic E-state index is 13.7. The lowest BCUT2D eigenvalue weighted by Crippen LogP contribution is -2.53. The first-order valence-corrected chi connectivity index (χ1v) is 12.3. The summed E-state index contributed by atoms with van der Waals surface area (Å²) >= 11 is 0. The Balaban J connectivity index is 1.63. The lowest BCUT2D eigenvalue weighted by molar-refractivity contribution is -0.177. The summed E-state index contributed by atoms with van der Waals surface area (Å²) in [6.45, 7) is 3.39. The molecule has 2 aromatic rings. The summed E-state index contributed by atoms with van der Waals surface area (Å²) in [7, 11) is 0. The van der Waals surface area contributed by atoms with Crippen molar-refractivity contribution in [3.8, 4) is 6.07 Å². The van der Waals surface area contributed by atoms with E-state index in [-0.39, 0.29) is 19.0 Å². The molecule has 0 bridgehead atoms. The molecule has 180 valence electrons. The van der Waals surface area contributed by atoms with Crippen LogP contribution in [0.4, 0.5) is 18.9 Å². The molecule has 33 heavy (non-hydrogen) atoms. The molecule has 2 heterocycles. The van der Waals surface area contributed by atoms with Gasteiger partial charge in [0, 0.05) is 36.4 Å². The molecule has 0 unspecified atom stereocenters. The molecule has 4 nitrogen and oxygen atoms in total. The zero-order valence-corrected chi connectivity index (χ0v) is 19.5. The number of halogens is 3. The van der Waals surface area contributed by atoms with Crippen LogP contribution in [0.1, 0.15) is 70.3 Å². The molecule has 7 heteroatoms. The number of piperidine rings is 1. The molecule has 0 spiro atoms. The van der Waals surface area contributed by atoms with Gasteiger partial charge in [0.25, 0.3) is 0 Å². The van der Waals surface area contributed by atoms with E-state index in [2.05, 4.69) is 23.3 Å². The number of fused-ring (bicyclic) bond motifs is 1. The van der Waals surface area contributed by atoms with Crippen molar-refractivity contribution in [2.45, 2.75) is 76.9 Å². The van der Waals surface area contributed by atoms with Crippen molar-refractivity contribution in [1.82, 2.24) is 10.3 Å². The predicted octanol–water partition coefficient (Wildman–Crippen LogP) is 6.59. The van der Waals surface area contributed by atoms with Crippen LogP contribution in [0.5, 0.6) is 0 Å². The number of hydrogen-bond donors (Lipinski definition) is 1. The van der Waals surface area contributed by atoms with Crippen LogP contribution in [0.3, 0.4) is 0 Å². The lowest BCUT2D eigenvalue weighted by atomic mass is 9.92. The van der Waals surface area contributed by atoms with E-state index in [9.17, 15) is 18.4 Å². The molecule has 1 saturated heterocycles. The minimum atomic E-state index is -4.24. The van der Waals surface area contributed by atoms with E-state index in [1.54, 1.807) is 24.4 Å². The van der Waals surface area contributed by atoms with Crippen LogP contribution in [0.25, 0.3) is 10.9 Å². The number of unbranched alkanes of at least 4 members (excludes halogenated alkanes) is 7. The number of hydrogen-bond acceptors (Lipinski definition) is 4. The molecule has 1 aromatic heterocycles. The molecular weight excluding hydrogens is 425 g/mol. The normalized spacial score (nSPS) is 19.1. The molecule has 0 aliphatic carbocycles. The summed E-state index contributed by atoms with van der Waals surface area (Å²) in [6, 6.07) is 8.91. The average Bonchev–Trinajstić information content (AvgIpc) is 2.81. The highest BCUT2D eigenvalue weighted by Gasteiger charge is 2.44. The Labute approximate surface area is 195 Å². The Morgan fingerprint density at radius 3 is 2.48 bits per heavy atom. The number of alkyl halides is 3. The van der Waals surface area contributed by atoms with Crippen molar-refractivity contribution in [3.63, 3.8) is 0 Å². The van der Waals surface area contributed by atoms with E-state index >= 15 is 0 Å². The van der Waals surface area contributed by atoms with Crippen molar-refractivity contribution in [3.05, 3.63) is 36.0 Å². The Hall–Kier alpha value is -2.33. The lowest BCUT2D eigenvalue weighted by Gasteiger charge is -2.40. The third-order valence-corrected chi connectivity index (χ3v) is 6.58. The predicted molar refractivity (Wildman–Crippen MR) is 127 cm³/mol. The second kappa shape index (κ2) is 12.2. The molecule has 3 rings (SSSR count). The Bertz CT molecular complexity index is 922. The second-order valence-corrected chi connectivity index (χ2v) is 9.15. The Morgan fingerprint density at radius 2 is 1.79 bits per heavy atom. The van der Waals surface area contributed by atoms with Crippen LogP contribution >= 0.6 is 0 Å². The Morgan fingerprint density at radius 1 is 1.06 bits per heavy atom. The first-order chi connectivity index (χ1) is 15.9. The van der Waals surface area contributed by atoms with Gasteiger partial charge >= 0.3 is 6.18 Å². The van der Waals surface area contributed by atoms with Gasteiger partial charge in [0.1, 0.15) is 6.07 Å². The summed E-state index contributed by atoms with van der Waals surface area (Å²) in [6.07, 6.45) is 7.13. The van der Waals surface area contributed by atoms with Gasteiger partial charge in [-0.25, -0.2) is 0 Å². The summed E-state index contributed by atoms with van der Waals surface area (Å²) in [5.74, 6) is -1.38. The minimum Gasteiger partial charge on any atom is -0.369 e. The summed E-state index contributed by atoms with van der Waals surface area (Å²) < 4.78 is 41.2. The van der Waals surface area contributed by atoms with Crippen molar-refractivity contribution in [1.29, 1.82) is 5.26 Å². The summed E-state index contributed by atoms with van der Waals surface area (Å²) in [5, 5.41) is 13.5.